The van der Waals surface area contributed by atoms with E-state index in [0.29, 0.717) is 12.8 Å². The zero-order chi connectivity index (χ0) is 15.5. The molecule has 1 amide bonds. The lowest BCUT2D eigenvalue weighted by Gasteiger charge is -2.30. The van der Waals surface area contributed by atoms with E-state index in [1.54, 1.807) is 0 Å². The summed E-state index contributed by atoms with van der Waals surface area (Å²) < 4.78 is 26.8. The number of hydrogen-bond donors (Lipinski definition) is 2. The number of carbonyl (C=O) groups is 1. The molecule has 3 nitrogen and oxygen atoms in total. The van der Waals surface area contributed by atoms with Gasteiger partial charge in [-0.2, -0.15) is 0 Å². The van der Waals surface area contributed by atoms with Crippen LogP contribution < -0.4 is 11.1 Å². The third-order valence-corrected chi connectivity index (χ3v) is 4.43. The summed E-state index contributed by atoms with van der Waals surface area (Å²) in [6.45, 7) is 0. The van der Waals surface area contributed by atoms with Gasteiger partial charge in [-0.25, -0.2) is 8.78 Å². The Balaban J connectivity index is 2.26. The fraction of sp³-hybridized carbons (Fsp3) is 0.467. The lowest BCUT2D eigenvalue weighted by atomic mass is 9.79. The number of halogens is 2. The minimum Gasteiger partial charge on any atom is -0.392 e. The highest BCUT2D eigenvalue weighted by Gasteiger charge is 2.41. The minimum atomic E-state index is -0.968. The quantitative estimate of drug-likeness (QED) is 0.663. The number of hydrogen-bond acceptors (Lipinski definition) is 2. The highest BCUT2D eigenvalue weighted by molar-refractivity contribution is 7.80. The molecular weight excluding hydrogens is 294 g/mol. The van der Waals surface area contributed by atoms with E-state index < -0.39 is 23.0 Å². The number of benzene rings is 1. The maximum Gasteiger partial charge on any atom is 0.237 e. The van der Waals surface area contributed by atoms with E-state index in [9.17, 15) is 13.6 Å². The number of carbonyl (C=O) groups excluding carboxylic acids is 1. The molecule has 0 aliphatic heterocycles. The molecule has 0 unspecified atom stereocenters. The minimum absolute atomic E-state index is 0.124. The number of anilines is 1. The summed E-state index contributed by atoms with van der Waals surface area (Å²) >= 11 is 5.09. The van der Waals surface area contributed by atoms with Gasteiger partial charge in [0.1, 0.15) is 11.6 Å². The maximum absolute atomic E-state index is 13.7. The van der Waals surface area contributed by atoms with Crippen LogP contribution in [0.3, 0.4) is 0 Å². The van der Waals surface area contributed by atoms with Crippen molar-refractivity contribution in [2.45, 2.75) is 38.5 Å². The normalized spacial score (nSPS) is 17.8. The largest absolute Gasteiger partial charge is 0.392 e. The van der Waals surface area contributed by atoms with Crippen molar-refractivity contribution in [2.24, 2.45) is 11.1 Å². The molecule has 0 atom stereocenters. The van der Waals surface area contributed by atoms with Gasteiger partial charge in [0.05, 0.1) is 16.1 Å². The Morgan fingerprint density at radius 1 is 1.19 bits per heavy atom. The Kier molecular flexibility index (Phi) is 4.88. The van der Waals surface area contributed by atoms with Crippen LogP contribution in [0.5, 0.6) is 0 Å². The molecule has 0 bridgehead atoms. The molecule has 1 aromatic rings. The van der Waals surface area contributed by atoms with E-state index in [1.807, 2.05) is 0 Å². The number of thiocarbonyl (C=S) groups is 1. The fourth-order valence-electron chi connectivity index (χ4n) is 2.75. The van der Waals surface area contributed by atoms with Gasteiger partial charge < -0.3 is 11.1 Å². The molecule has 0 heterocycles. The average Bonchev–Trinajstić information content (AvgIpc) is 2.69. The molecule has 1 saturated carbocycles. The van der Waals surface area contributed by atoms with Gasteiger partial charge in [0.15, 0.2) is 0 Å². The van der Waals surface area contributed by atoms with Crippen molar-refractivity contribution in [2.75, 3.05) is 5.32 Å². The molecule has 1 aromatic carbocycles. The molecule has 0 aromatic heterocycles. The molecule has 0 spiro atoms. The van der Waals surface area contributed by atoms with Crippen LogP contribution in [0.15, 0.2) is 18.2 Å². The van der Waals surface area contributed by atoms with Crippen LogP contribution in [0.4, 0.5) is 14.5 Å². The molecule has 1 aliphatic rings. The number of nitrogens with two attached hydrogens (primary N) is 1. The molecule has 1 fully saturated rings. The van der Waals surface area contributed by atoms with Crippen LogP contribution in [-0.4, -0.2) is 10.9 Å². The predicted molar refractivity (Wildman–Crippen MR) is 81.9 cm³/mol. The lowest BCUT2D eigenvalue weighted by Crippen LogP contribution is -2.45. The van der Waals surface area contributed by atoms with Crippen molar-refractivity contribution < 1.29 is 13.6 Å². The fourth-order valence-corrected chi connectivity index (χ4v) is 3.05. The Morgan fingerprint density at radius 3 is 2.38 bits per heavy atom. The van der Waals surface area contributed by atoms with E-state index in [-0.39, 0.29) is 10.7 Å². The Hall–Kier alpha value is -1.56. The molecule has 0 saturated heterocycles. The van der Waals surface area contributed by atoms with Gasteiger partial charge in [-0.15, -0.1) is 0 Å². The molecule has 3 N–H and O–H groups in total. The number of nitrogens with one attached hydrogen (secondary N) is 1. The predicted octanol–water partition coefficient (Wildman–Crippen LogP) is 3.53. The standard InChI is InChI=1S/C15H18F2N2OS/c16-10-5-6-11(17)12(9-10)19-14(20)15(13(18)21)7-3-1-2-4-8-15/h5-6,9H,1-4,7-8H2,(H2,18,21)(H,19,20). The van der Waals surface area contributed by atoms with E-state index in [4.69, 9.17) is 18.0 Å². The average molecular weight is 312 g/mol. The molecule has 114 valence electrons. The van der Waals surface area contributed by atoms with Crippen molar-refractivity contribution >= 4 is 28.8 Å². The van der Waals surface area contributed by atoms with Gasteiger partial charge >= 0.3 is 0 Å². The Bertz CT molecular complexity index is 555. The van der Waals surface area contributed by atoms with Crippen LogP contribution in [0.1, 0.15) is 38.5 Å². The topological polar surface area (TPSA) is 55.1 Å². The highest BCUT2D eigenvalue weighted by Crippen LogP contribution is 2.37. The highest BCUT2D eigenvalue weighted by atomic mass is 32.1. The molecular formula is C15H18F2N2OS. The van der Waals surface area contributed by atoms with E-state index in [0.717, 1.165) is 43.9 Å². The molecule has 6 heteroatoms. The van der Waals surface area contributed by atoms with Crippen molar-refractivity contribution in [3.63, 3.8) is 0 Å². The first kappa shape index (κ1) is 15.8. The third kappa shape index (κ3) is 3.37. The second kappa shape index (κ2) is 6.47. The Morgan fingerprint density at radius 2 is 1.81 bits per heavy atom. The monoisotopic (exact) mass is 312 g/mol. The van der Waals surface area contributed by atoms with E-state index in [2.05, 4.69) is 5.32 Å². The summed E-state index contributed by atoms with van der Waals surface area (Å²) in [5.41, 5.74) is 4.65. The summed E-state index contributed by atoms with van der Waals surface area (Å²) in [6.07, 6.45) is 4.82. The second-order valence-corrected chi connectivity index (χ2v) is 5.88. The maximum atomic E-state index is 13.7. The van der Waals surface area contributed by atoms with Crippen molar-refractivity contribution in [3.8, 4) is 0 Å². The summed E-state index contributed by atoms with van der Waals surface area (Å²) in [4.78, 5) is 12.7. The second-order valence-electron chi connectivity index (χ2n) is 5.44. The van der Waals surface area contributed by atoms with Gasteiger partial charge in [-0.3, -0.25) is 4.79 Å². The van der Waals surface area contributed by atoms with Crippen LogP contribution >= 0.6 is 12.2 Å². The van der Waals surface area contributed by atoms with Crippen molar-refractivity contribution in [3.05, 3.63) is 29.8 Å². The van der Waals surface area contributed by atoms with Gasteiger partial charge in [0.2, 0.25) is 5.91 Å². The van der Waals surface area contributed by atoms with E-state index in [1.165, 1.54) is 0 Å². The molecule has 21 heavy (non-hydrogen) atoms. The summed E-state index contributed by atoms with van der Waals surface area (Å²) in [5.74, 6) is -1.74. The van der Waals surface area contributed by atoms with Crippen LogP contribution in [0.25, 0.3) is 0 Å². The summed E-state index contributed by atoms with van der Waals surface area (Å²) in [5, 5.41) is 2.45. The molecule has 2 rings (SSSR count). The smallest absolute Gasteiger partial charge is 0.237 e. The van der Waals surface area contributed by atoms with Gasteiger partial charge in [-0.05, 0) is 25.0 Å². The summed E-state index contributed by atoms with van der Waals surface area (Å²) in [6, 6.07) is 2.93. The van der Waals surface area contributed by atoms with Gasteiger partial charge in [0, 0.05) is 6.07 Å². The first-order valence-electron chi connectivity index (χ1n) is 7.02. The lowest BCUT2D eigenvalue weighted by molar-refractivity contribution is -0.122. The first-order valence-corrected chi connectivity index (χ1v) is 7.43. The van der Waals surface area contributed by atoms with E-state index >= 15 is 0 Å². The first-order chi connectivity index (χ1) is 9.95. The van der Waals surface area contributed by atoms with Gasteiger partial charge in [-0.1, -0.05) is 37.9 Å². The zero-order valence-electron chi connectivity index (χ0n) is 11.6. The van der Waals surface area contributed by atoms with Crippen molar-refractivity contribution in [1.82, 2.24) is 0 Å². The van der Waals surface area contributed by atoms with Crippen LogP contribution in [0.2, 0.25) is 0 Å². The summed E-state index contributed by atoms with van der Waals surface area (Å²) in [7, 11) is 0. The third-order valence-electron chi connectivity index (χ3n) is 4.04. The Labute approximate surface area is 127 Å². The molecule has 0 radical (unpaired) electrons. The number of rotatable bonds is 3. The zero-order valence-corrected chi connectivity index (χ0v) is 12.4. The molecule has 1 aliphatic carbocycles. The van der Waals surface area contributed by atoms with Crippen LogP contribution in [-0.2, 0) is 4.79 Å². The van der Waals surface area contributed by atoms with Gasteiger partial charge in [0.25, 0.3) is 0 Å². The number of amides is 1. The van der Waals surface area contributed by atoms with Crippen LogP contribution in [0, 0.1) is 17.0 Å². The SMILES string of the molecule is NC(=S)C1(C(=O)Nc2cc(F)ccc2F)CCCCCC1. The van der Waals surface area contributed by atoms with Crippen molar-refractivity contribution in [1.29, 1.82) is 0 Å².